The van der Waals surface area contributed by atoms with Crippen molar-refractivity contribution in [2.24, 2.45) is 11.8 Å². The van der Waals surface area contributed by atoms with Gasteiger partial charge in [0.05, 0.1) is 5.92 Å². The fourth-order valence-corrected chi connectivity index (χ4v) is 2.48. The number of carboxylic acids is 1. The first-order chi connectivity index (χ1) is 9.47. The molecular formula is C15H17NO4. The molecule has 1 aromatic carbocycles. The maximum Gasteiger partial charge on any atom is 0.306 e. The van der Waals surface area contributed by atoms with Crippen molar-refractivity contribution in [2.45, 2.75) is 26.2 Å². The maximum atomic E-state index is 12.0. The average molecular weight is 275 g/mol. The summed E-state index contributed by atoms with van der Waals surface area (Å²) in [6.45, 7) is 1.48. The van der Waals surface area contributed by atoms with Crippen LogP contribution >= 0.6 is 0 Å². The van der Waals surface area contributed by atoms with Crippen LogP contribution in [0.25, 0.3) is 0 Å². The van der Waals surface area contributed by atoms with Crippen LogP contribution in [0.15, 0.2) is 24.3 Å². The predicted octanol–water partition coefficient (Wildman–Crippen LogP) is 2.33. The van der Waals surface area contributed by atoms with Gasteiger partial charge in [-0.2, -0.15) is 0 Å². The van der Waals surface area contributed by atoms with Crippen molar-refractivity contribution < 1.29 is 19.5 Å². The number of ketones is 1. The summed E-state index contributed by atoms with van der Waals surface area (Å²) in [6.07, 6.45) is 1.55. The Balaban J connectivity index is 1.95. The molecule has 0 saturated heterocycles. The molecule has 0 unspecified atom stereocenters. The van der Waals surface area contributed by atoms with Crippen LogP contribution in [-0.2, 0) is 9.59 Å². The molecule has 0 radical (unpaired) electrons. The normalized spacial score (nSPS) is 21.4. The molecule has 5 nitrogen and oxygen atoms in total. The summed E-state index contributed by atoms with van der Waals surface area (Å²) in [5, 5.41) is 11.7. The van der Waals surface area contributed by atoms with Gasteiger partial charge in [0.25, 0.3) is 0 Å². The largest absolute Gasteiger partial charge is 0.481 e. The first kappa shape index (κ1) is 14.2. The van der Waals surface area contributed by atoms with Crippen molar-refractivity contribution in [1.29, 1.82) is 0 Å². The molecular weight excluding hydrogens is 258 g/mol. The summed E-state index contributed by atoms with van der Waals surface area (Å²) in [4.78, 5) is 34.0. The highest BCUT2D eigenvalue weighted by Crippen LogP contribution is 2.31. The summed E-state index contributed by atoms with van der Waals surface area (Å²) in [5.74, 6) is -1.66. The van der Waals surface area contributed by atoms with E-state index in [4.69, 9.17) is 5.11 Å². The van der Waals surface area contributed by atoms with E-state index in [1.807, 2.05) is 0 Å². The molecule has 0 aliphatic heterocycles. The Morgan fingerprint density at radius 2 is 1.70 bits per heavy atom. The minimum Gasteiger partial charge on any atom is -0.481 e. The zero-order valence-corrected chi connectivity index (χ0v) is 11.3. The van der Waals surface area contributed by atoms with Crippen LogP contribution in [0.4, 0.5) is 5.69 Å². The van der Waals surface area contributed by atoms with Gasteiger partial charge in [0.1, 0.15) is 0 Å². The van der Waals surface area contributed by atoms with Gasteiger partial charge >= 0.3 is 5.97 Å². The van der Waals surface area contributed by atoms with Gasteiger partial charge in [0, 0.05) is 17.2 Å². The lowest BCUT2D eigenvalue weighted by Crippen LogP contribution is -2.21. The summed E-state index contributed by atoms with van der Waals surface area (Å²) in [6, 6.07) is 6.68. The van der Waals surface area contributed by atoms with Crippen molar-refractivity contribution in [3.63, 3.8) is 0 Å². The van der Waals surface area contributed by atoms with E-state index in [1.165, 1.54) is 6.92 Å². The molecule has 1 fully saturated rings. The summed E-state index contributed by atoms with van der Waals surface area (Å²) >= 11 is 0. The van der Waals surface area contributed by atoms with E-state index >= 15 is 0 Å². The molecule has 0 spiro atoms. The Hall–Kier alpha value is -2.17. The van der Waals surface area contributed by atoms with Gasteiger partial charge < -0.3 is 10.4 Å². The van der Waals surface area contributed by atoms with Gasteiger partial charge in [-0.05, 0) is 50.5 Å². The van der Waals surface area contributed by atoms with Gasteiger partial charge in [0.2, 0.25) is 5.91 Å². The second-order valence-corrected chi connectivity index (χ2v) is 5.17. The quantitative estimate of drug-likeness (QED) is 0.826. The Labute approximate surface area is 117 Å². The van der Waals surface area contributed by atoms with Gasteiger partial charge in [-0.15, -0.1) is 0 Å². The molecule has 1 amide bonds. The highest BCUT2D eigenvalue weighted by molar-refractivity contribution is 5.96. The molecule has 2 rings (SSSR count). The van der Waals surface area contributed by atoms with Crippen LogP contribution in [0, 0.1) is 11.8 Å². The molecule has 1 aliphatic carbocycles. The third-order valence-electron chi connectivity index (χ3n) is 3.71. The number of carboxylic acid groups (broad SMARTS) is 1. The smallest absolute Gasteiger partial charge is 0.306 e. The van der Waals surface area contributed by atoms with Crippen LogP contribution in [0.3, 0.4) is 0 Å². The van der Waals surface area contributed by atoms with E-state index in [-0.39, 0.29) is 17.6 Å². The van der Waals surface area contributed by atoms with Crippen molar-refractivity contribution in [3.05, 3.63) is 29.8 Å². The van der Waals surface area contributed by atoms with Crippen LogP contribution in [0.5, 0.6) is 0 Å². The summed E-state index contributed by atoms with van der Waals surface area (Å²) in [5.41, 5.74) is 1.22. The number of Topliss-reactive ketones (excluding diaryl/α,β-unsaturated/α-hetero) is 1. The molecule has 0 aromatic heterocycles. The maximum absolute atomic E-state index is 12.0. The standard InChI is InChI=1S/C15H17NO4/c1-9(17)10-4-6-13(7-5-10)16-14(18)11-2-3-12(8-11)15(19)20/h4-7,11-12H,2-3,8H2,1H3,(H,16,18)(H,19,20)/t11-,12-/m0/s1. The zero-order valence-electron chi connectivity index (χ0n) is 11.3. The van der Waals surface area contributed by atoms with Gasteiger partial charge in [-0.3, -0.25) is 14.4 Å². The number of hydrogen-bond acceptors (Lipinski definition) is 3. The second-order valence-electron chi connectivity index (χ2n) is 5.17. The second kappa shape index (κ2) is 5.86. The number of carbonyl (C=O) groups is 3. The molecule has 2 atom stereocenters. The lowest BCUT2D eigenvalue weighted by molar-refractivity contribution is -0.141. The zero-order chi connectivity index (χ0) is 14.7. The fourth-order valence-electron chi connectivity index (χ4n) is 2.48. The summed E-state index contributed by atoms with van der Waals surface area (Å²) < 4.78 is 0. The Morgan fingerprint density at radius 3 is 2.20 bits per heavy atom. The van der Waals surface area contributed by atoms with Gasteiger partial charge in [-0.25, -0.2) is 0 Å². The van der Waals surface area contributed by atoms with E-state index in [0.29, 0.717) is 30.5 Å². The van der Waals surface area contributed by atoms with Crippen LogP contribution < -0.4 is 5.32 Å². The van der Waals surface area contributed by atoms with Crippen LogP contribution in [0.2, 0.25) is 0 Å². The van der Waals surface area contributed by atoms with Crippen molar-refractivity contribution in [3.8, 4) is 0 Å². The van der Waals surface area contributed by atoms with E-state index < -0.39 is 11.9 Å². The monoisotopic (exact) mass is 275 g/mol. The molecule has 20 heavy (non-hydrogen) atoms. The fraction of sp³-hybridized carbons (Fsp3) is 0.400. The number of hydrogen-bond donors (Lipinski definition) is 2. The first-order valence-electron chi connectivity index (χ1n) is 6.62. The molecule has 1 aromatic rings. The number of benzene rings is 1. The molecule has 106 valence electrons. The predicted molar refractivity (Wildman–Crippen MR) is 73.5 cm³/mol. The number of anilines is 1. The number of nitrogens with one attached hydrogen (secondary N) is 1. The van der Waals surface area contributed by atoms with E-state index in [0.717, 1.165) is 0 Å². The van der Waals surface area contributed by atoms with E-state index in [1.54, 1.807) is 24.3 Å². The highest BCUT2D eigenvalue weighted by Gasteiger charge is 2.33. The minimum absolute atomic E-state index is 0.0250. The molecule has 1 aliphatic rings. The lowest BCUT2D eigenvalue weighted by atomic mass is 10.0. The van der Waals surface area contributed by atoms with Gasteiger partial charge in [-0.1, -0.05) is 0 Å². The number of carbonyl (C=O) groups excluding carboxylic acids is 2. The van der Waals surface area contributed by atoms with Gasteiger partial charge in [0.15, 0.2) is 5.78 Å². The lowest BCUT2D eigenvalue weighted by Gasteiger charge is -2.11. The van der Waals surface area contributed by atoms with Crippen molar-refractivity contribution >= 4 is 23.3 Å². The molecule has 5 heteroatoms. The van der Waals surface area contributed by atoms with Crippen molar-refractivity contribution in [1.82, 2.24) is 0 Å². The summed E-state index contributed by atoms with van der Waals surface area (Å²) in [7, 11) is 0. The van der Waals surface area contributed by atoms with E-state index in [2.05, 4.69) is 5.32 Å². The number of aliphatic carboxylic acids is 1. The van der Waals surface area contributed by atoms with Crippen molar-refractivity contribution in [2.75, 3.05) is 5.32 Å². The highest BCUT2D eigenvalue weighted by atomic mass is 16.4. The molecule has 0 heterocycles. The Bertz CT molecular complexity index is 535. The Kier molecular flexibility index (Phi) is 4.17. The first-order valence-corrected chi connectivity index (χ1v) is 6.62. The van der Waals surface area contributed by atoms with Crippen LogP contribution in [0.1, 0.15) is 36.5 Å². The topological polar surface area (TPSA) is 83.5 Å². The molecule has 2 N–H and O–H groups in total. The third-order valence-corrected chi connectivity index (χ3v) is 3.71. The average Bonchev–Trinajstić information content (AvgIpc) is 2.89. The van der Waals surface area contributed by atoms with E-state index in [9.17, 15) is 14.4 Å². The Morgan fingerprint density at radius 1 is 1.10 bits per heavy atom. The number of rotatable bonds is 4. The minimum atomic E-state index is -0.828. The SMILES string of the molecule is CC(=O)c1ccc(NC(=O)[C@H]2CC[C@H](C(=O)O)C2)cc1. The molecule has 1 saturated carbocycles. The number of amides is 1. The third kappa shape index (κ3) is 3.23. The van der Waals surface area contributed by atoms with Crippen LogP contribution in [-0.4, -0.2) is 22.8 Å². The molecule has 0 bridgehead atoms.